The molecule has 5 aromatic rings. The monoisotopic (exact) mass is 519 g/mol. The maximum atomic E-state index is 13.9. The van der Waals surface area contributed by atoms with Gasteiger partial charge in [0.1, 0.15) is 5.82 Å². The van der Waals surface area contributed by atoms with Gasteiger partial charge in [-0.05, 0) is 30.3 Å². The second kappa shape index (κ2) is 9.30. The highest BCUT2D eigenvalue weighted by Crippen LogP contribution is 2.35. The van der Waals surface area contributed by atoms with Gasteiger partial charge < -0.3 is 20.8 Å². The summed E-state index contributed by atoms with van der Waals surface area (Å²) < 4.78 is 45.6. The van der Waals surface area contributed by atoms with Crippen molar-refractivity contribution < 1.29 is 32.3 Å². The Balaban J connectivity index is 0.000000384. The Labute approximate surface area is 201 Å². The molecule has 14 heteroatoms. The molecule has 3 aromatic heterocycles. The van der Waals surface area contributed by atoms with Gasteiger partial charge in [-0.1, -0.05) is 11.8 Å². The highest BCUT2D eigenvalue weighted by Gasteiger charge is 2.38. The van der Waals surface area contributed by atoms with E-state index < -0.39 is 23.9 Å². The molecule has 0 aliphatic rings. The molecule has 1 amide bonds. The maximum Gasteiger partial charge on any atom is 0.490 e. The van der Waals surface area contributed by atoms with Gasteiger partial charge in [-0.3, -0.25) is 14.6 Å². The van der Waals surface area contributed by atoms with Crippen LogP contribution >= 0.6 is 11.8 Å². The molecule has 5 rings (SSSR count). The van der Waals surface area contributed by atoms with E-state index in [1.165, 1.54) is 36.3 Å². The van der Waals surface area contributed by atoms with Crippen LogP contribution in [0.2, 0.25) is 0 Å². The number of rotatable bonds is 3. The summed E-state index contributed by atoms with van der Waals surface area (Å²) in [5, 5.41) is 9.87. The van der Waals surface area contributed by atoms with E-state index in [9.17, 15) is 27.2 Å². The van der Waals surface area contributed by atoms with E-state index in [0.717, 1.165) is 0 Å². The van der Waals surface area contributed by atoms with Crippen molar-refractivity contribution in [2.24, 2.45) is 5.73 Å². The number of nitrogens with one attached hydrogen (secondary N) is 2. The fourth-order valence-electron chi connectivity index (χ4n) is 3.40. The number of carboxylic acids is 1. The molecular formula is C22H13F4N5O4S. The highest BCUT2D eigenvalue weighted by atomic mass is 32.2. The van der Waals surface area contributed by atoms with Gasteiger partial charge in [-0.25, -0.2) is 14.2 Å². The van der Waals surface area contributed by atoms with E-state index in [1.807, 2.05) is 0 Å². The summed E-state index contributed by atoms with van der Waals surface area (Å²) in [7, 11) is 0. The summed E-state index contributed by atoms with van der Waals surface area (Å²) in [5.74, 6) is -3.75. The van der Waals surface area contributed by atoms with Crippen LogP contribution in [0.25, 0.3) is 32.6 Å². The lowest BCUT2D eigenvalue weighted by Gasteiger charge is -2.05. The zero-order chi connectivity index (χ0) is 26.2. The number of aliphatic carboxylic acids is 1. The molecule has 5 N–H and O–H groups in total. The van der Waals surface area contributed by atoms with Gasteiger partial charge in [-0.2, -0.15) is 13.2 Å². The second-order valence-corrected chi connectivity index (χ2v) is 8.29. The van der Waals surface area contributed by atoms with Crippen molar-refractivity contribution in [3.8, 4) is 0 Å². The topological polar surface area (TPSA) is 155 Å². The van der Waals surface area contributed by atoms with Crippen molar-refractivity contribution in [2.75, 3.05) is 0 Å². The molecule has 0 atom stereocenters. The Morgan fingerprint density at radius 3 is 2.44 bits per heavy atom. The van der Waals surface area contributed by atoms with Gasteiger partial charge in [0, 0.05) is 39.6 Å². The number of aromatic nitrogens is 4. The summed E-state index contributed by atoms with van der Waals surface area (Å²) in [4.78, 5) is 48.0. The van der Waals surface area contributed by atoms with Crippen molar-refractivity contribution in [2.45, 2.75) is 16.2 Å². The number of imidazole rings is 1. The lowest BCUT2D eigenvalue weighted by molar-refractivity contribution is -0.192. The van der Waals surface area contributed by atoms with Crippen LogP contribution in [0.4, 0.5) is 17.6 Å². The fourth-order valence-corrected chi connectivity index (χ4v) is 4.21. The van der Waals surface area contributed by atoms with Crippen molar-refractivity contribution in [1.29, 1.82) is 0 Å². The van der Waals surface area contributed by atoms with E-state index in [2.05, 4.69) is 19.9 Å². The van der Waals surface area contributed by atoms with Gasteiger partial charge >= 0.3 is 12.1 Å². The molecule has 0 spiro atoms. The average molecular weight is 519 g/mol. The zero-order valence-corrected chi connectivity index (χ0v) is 18.5. The minimum absolute atomic E-state index is 0.295. The first-order valence-electron chi connectivity index (χ1n) is 9.81. The lowest BCUT2D eigenvalue weighted by atomic mass is 10.0. The molecule has 0 unspecified atom stereocenters. The van der Waals surface area contributed by atoms with Crippen LogP contribution < -0.4 is 11.3 Å². The van der Waals surface area contributed by atoms with E-state index in [0.29, 0.717) is 48.2 Å². The number of primary amides is 1. The molecule has 9 nitrogen and oxygen atoms in total. The number of nitrogens with two attached hydrogens (primary N) is 1. The van der Waals surface area contributed by atoms with Gasteiger partial charge in [0.15, 0.2) is 5.16 Å². The fraction of sp³-hybridized carbons (Fsp3) is 0.0455. The van der Waals surface area contributed by atoms with Gasteiger partial charge in [0.25, 0.3) is 5.56 Å². The minimum Gasteiger partial charge on any atom is -0.475 e. The number of aromatic amines is 2. The molecule has 0 aliphatic carbocycles. The van der Waals surface area contributed by atoms with Crippen LogP contribution in [0.5, 0.6) is 0 Å². The van der Waals surface area contributed by atoms with Gasteiger partial charge in [0.2, 0.25) is 5.91 Å². The molecule has 2 aromatic carbocycles. The summed E-state index contributed by atoms with van der Waals surface area (Å²) in [6, 6.07) is 7.69. The number of alkyl halides is 3. The molecule has 0 saturated heterocycles. The standard InChI is InChI=1S/C20H12FN5O2S.C2HF3O2/c21-10-1-2-12-14(6-10)15-13(3-4-24-19(15)28)17-16(12)25-20(26-17)29-11-5-9(18(22)27)7-23-8-11;3-2(4,5)1(6)7/h1-8H,(H2,22,27)(H,24,28)(H,25,26);(H,6,7). The second-order valence-electron chi connectivity index (χ2n) is 7.23. The maximum absolute atomic E-state index is 13.9. The number of fused-ring (bicyclic) bond motifs is 6. The van der Waals surface area contributed by atoms with Crippen molar-refractivity contribution in [3.63, 3.8) is 0 Å². The molecule has 0 saturated carbocycles. The first-order chi connectivity index (χ1) is 17.0. The number of nitrogens with zero attached hydrogens (tertiary/aromatic N) is 2. The highest BCUT2D eigenvalue weighted by molar-refractivity contribution is 7.99. The predicted octanol–water partition coefficient (Wildman–Crippen LogP) is 3.98. The Morgan fingerprint density at radius 1 is 1.06 bits per heavy atom. The minimum atomic E-state index is -5.08. The Bertz CT molecular complexity index is 1710. The molecule has 184 valence electrons. The number of benzene rings is 2. The van der Waals surface area contributed by atoms with Crippen LogP contribution in [-0.4, -0.2) is 43.1 Å². The van der Waals surface area contributed by atoms with E-state index in [1.54, 1.807) is 24.4 Å². The van der Waals surface area contributed by atoms with Crippen LogP contribution in [0, 0.1) is 5.82 Å². The zero-order valence-electron chi connectivity index (χ0n) is 17.7. The number of carbonyl (C=O) groups excluding carboxylic acids is 1. The van der Waals surface area contributed by atoms with Gasteiger partial charge in [0.05, 0.1) is 22.0 Å². The number of pyridine rings is 2. The third-order valence-electron chi connectivity index (χ3n) is 4.87. The average Bonchev–Trinajstić information content (AvgIpc) is 3.23. The van der Waals surface area contributed by atoms with Crippen molar-refractivity contribution in [1.82, 2.24) is 19.9 Å². The summed E-state index contributed by atoms with van der Waals surface area (Å²) in [5.41, 5.74) is 6.60. The van der Waals surface area contributed by atoms with E-state index >= 15 is 0 Å². The molecule has 0 fully saturated rings. The molecule has 3 heterocycles. The lowest BCUT2D eigenvalue weighted by Crippen LogP contribution is -2.21. The Hall–Kier alpha value is -4.46. The summed E-state index contributed by atoms with van der Waals surface area (Å²) in [6.45, 7) is 0. The smallest absolute Gasteiger partial charge is 0.475 e. The Kier molecular flexibility index (Phi) is 6.37. The number of hydrogen-bond donors (Lipinski definition) is 4. The Morgan fingerprint density at radius 2 is 1.78 bits per heavy atom. The number of H-pyrrole nitrogens is 2. The number of amides is 1. The number of carboxylic acid groups (broad SMARTS) is 1. The van der Waals surface area contributed by atoms with Crippen LogP contribution in [0.15, 0.2) is 63.8 Å². The summed E-state index contributed by atoms with van der Waals surface area (Å²) in [6.07, 6.45) is -0.551. The largest absolute Gasteiger partial charge is 0.490 e. The van der Waals surface area contributed by atoms with Crippen LogP contribution in [0.3, 0.4) is 0 Å². The molecule has 36 heavy (non-hydrogen) atoms. The number of carbonyl (C=O) groups is 2. The van der Waals surface area contributed by atoms with E-state index in [4.69, 9.17) is 15.6 Å². The molecule has 0 bridgehead atoms. The molecular weight excluding hydrogens is 506 g/mol. The SMILES string of the molecule is NC(=O)c1cncc(Sc2nc3c4cc[nH]c(=O)c4c4cc(F)ccc4c3[nH]2)c1.O=C(O)C(F)(F)F. The first-order valence-corrected chi connectivity index (χ1v) is 10.6. The van der Waals surface area contributed by atoms with Crippen molar-refractivity contribution >= 4 is 56.2 Å². The first kappa shape index (κ1) is 24.7. The third-order valence-corrected chi connectivity index (χ3v) is 5.72. The quantitative estimate of drug-likeness (QED) is 0.208. The van der Waals surface area contributed by atoms with Crippen LogP contribution in [0.1, 0.15) is 10.4 Å². The summed E-state index contributed by atoms with van der Waals surface area (Å²) >= 11 is 1.27. The normalized spacial score (nSPS) is 11.4. The van der Waals surface area contributed by atoms with Gasteiger partial charge in [-0.15, -0.1) is 0 Å². The predicted molar refractivity (Wildman–Crippen MR) is 122 cm³/mol. The van der Waals surface area contributed by atoms with Crippen LogP contribution in [-0.2, 0) is 4.79 Å². The van der Waals surface area contributed by atoms with E-state index in [-0.39, 0.29) is 5.56 Å². The number of halogens is 4. The van der Waals surface area contributed by atoms with Crippen molar-refractivity contribution in [3.05, 3.63) is 70.7 Å². The third kappa shape index (κ3) is 4.84. The molecule has 0 radical (unpaired) electrons. The number of hydrogen-bond acceptors (Lipinski definition) is 6. The molecule has 0 aliphatic heterocycles.